The Balaban J connectivity index is 1.49. The molecule has 1 amide bonds. The van der Waals surface area contributed by atoms with E-state index in [-0.39, 0.29) is 11.9 Å². The molecular weight excluding hydrogens is 348 g/mol. The molecule has 2 heterocycles. The number of hydrogen-bond donors (Lipinski definition) is 1. The predicted molar refractivity (Wildman–Crippen MR) is 104 cm³/mol. The lowest BCUT2D eigenvalue weighted by atomic mass is 10.1. The average Bonchev–Trinajstić information content (AvgIpc) is 3.14. The van der Waals surface area contributed by atoms with Crippen molar-refractivity contribution in [2.45, 2.75) is 32.4 Å². The lowest BCUT2D eigenvalue weighted by Crippen LogP contribution is -2.47. The van der Waals surface area contributed by atoms with Gasteiger partial charge in [-0.3, -0.25) is 9.69 Å². The fraction of sp³-hybridized carbons (Fsp3) is 0.450. The van der Waals surface area contributed by atoms with Crippen molar-refractivity contribution in [1.82, 2.24) is 10.2 Å². The number of carbonyl (C=O) groups is 1. The highest BCUT2D eigenvalue weighted by atomic mass is 32.1. The van der Waals surface area contributed by atoms with E-state index in [0.29, 0.717) is 18.0 Å². The van der Waals surface area contributed by atoms with Crippen molar-refractivity contribution in [3.63, 3.8) is 0 Å². The largest absolute Gasteiger partial charge is 0.493 e. The Morgan fingerprint density at radius 1 is 1.27 bits per heavy atom. The minimum Gasteiger partial charge on any atom is -0.493 e. The molecule has 140 valence electrons. The monoisotopic (exact) mass is 374 g/mol. The summed E-state index contributed by atoms with van der Waals surface area (Å²) >= 11 is 1.82. The second-order valence-electron chi connectivity index (χ2n) is 6.50. The lowest BCUT2D eigenvalue weighted by Gasteiger charge is -2.31. The quantitative estimate of drug-likeness (QED) is 0.810. The third-order valence-corrected chi connectivity index (χ3v) is 5.95. The Labute approximate surface area is 158 Å². The SMILES string of the molecule is COc1ccc(CCNC(=O)C(C)N2CCc3sccc3C2)cc1OC. The number of carbonyl (C=O) groups excluding carboxylic acids is 1. The zero-order chi connectivity index (χ0) is 18.5. The number of thiophene rings is 1. The normalized spacial score (nSPS) is 15.2. The van der Waals surface area contributed by atoms with Gasteiger partial charge in [0.25, 0.3) is 0 Å². The molecule has 1 aromatic heterocycles. The minimum absolute atomic E-state index is 0.0872. The molecule has 1 atom stereocenters. The highest BCUT2D eigenvalue weighted by Crippen LogP contribution is 2.28. The maximum Gasteiger partial charge on any atom is 0.237 e. The molecule has 0 fully saturated rings. The summed E-state index contributed by atoms with van der Waals surface area (Å²) in [5.74, 6) is 1.51. The number of fused-ring (bicyclic) bond motifs is 1. The van der Waals surface area contributed by atoms with Gasteiger partial charge in [0.15, 0.2) is 11.5 Å². The summed E-state index contributed by atoms with van der Waals surface area (Å²) in [6, 6.07) is 7.91. The Morgan fingerprint density at radius 2 is 2.08 bits per heavy atom. The highest BCUT2D eigenvalue weighted by molar-refractivity contribution is 7.10. The standard InChI is InChI=1S/C20H26N2O3S/c1-14(22-10-7-19-16(13-22)8-11-26-19)20(23)21-9-6-15-4-5-17(24-2)18(12-15)25-3/h4-5,8,11-12,14H,6-7,9-10,13H2,1-3H3,(H,21,23). The molecule has 1 aliphatic heterocycles. The number of nitrogens with zero attached hydrogens (tertiary/aromatic N) is 1. The third kappa shape index (κ3) is 4.19. The second kappa shape index (κ2) is 8.56. The lowest BCUT2D eigenvalue weighted by molar-refractivity contribution is -0.126. The average molecular weight is 375 g/mol. The Morgan fingerprint density at radius 3 is 2.85 bits per heavy atom. The van der Waals surface area contributed by atoms with Crippen LogP contribution in [0.2, 0.25) is 0 Å². The molecule has 1 unspecified atom stereocenters. The molecule has 0 saturated carbocycles. The maximum atomic E-state index is 12.5. The highest BCUT2D eigenvalue weighted by Gasteiger charge is 2.25. The summed E-state index contributed by atoms with van der Waals surface area (Å²) in [6.45, 7) is 4.40. The van der Waals surface area contributed by atoms with E-state index < -0.39 is 0 Å². The van der Waals surface area contributed by atoms with Crippen molar-refractivity contribution in [2.75, 3.05) is 27.3 Å². The molecule has 2 aromatic rings. The summed E-state index contributed by atoms with van der Waals surface area (Å²) in [5.41, 5.74) is 2.47. The van der Waals surface area contributed by atoms with Gasteiger partial charge in [0.2, 0.25) is 5.91 Å². The van der Waals surface area contributed by atoms with E-state index in [1.54, 1.807) is 14.2 Å². The van der Waals surface area contributed by atoms with Gasteiger partial charge >= 0.3 is 0 Å². The van der Waals surface area contributed by atoms with Crippen LogP contribution in [-0.2, 0) is 24.2 Å². The van der Waals surface area contributed by atoms with Crippen molar-refractivity contribution in [1.29, 1.82) is 0 Å². The van der Waals surface area contributed by atoms with Crippen molar-refractivity contribution in [2.24, 2.45) is 0 Å². The first-order valence-corrected chi connectivity index (χ1v) is 9.78. The molecule has 3 rings (SSSR count). The van der Waals surface area contributed by atoms with E-state index in [0.717, 1.165) is 31.5 Å². The summed E-state index contributed by atoms with van der Waals surface area (Å²) in [6.07, 6.45) is 1.80. The first-order valence-electron chi connectivity index (χ1n) is 8.90. The molecule has 0 radical (unpaired) electrons. The fourth-order valence-electron chi connectivity index (χ4n) is 3.28. The van der Waals surface area contributed by atoms with Crippen LogP contribution < -0.4 is 14.8 Å². The van der Waals surface area contributed by atoms with Gasteiger partial charge in [-0.2, -0.15) is 0 Å². The van der Waals surface area contributed by atoms with E-state index >= 15 is 0 Å². The number of amides is 1. The molecule has 1 aromatic carbocycles. The van der Waals surface area contributed by atoms with Crippen LogP contribution >= 0.6 is 11.3 Å². The number of benzene rings is 1. The first kappa shape index (κ1) is 18.7. The topological polar surface area (TPSA) is 50.8 Å². The van der Waals surface area contributed by atoms with Crippen LogP contribution in [0.1, 0.15) is 22.9 Å². The van der Waals surface area contributed by atoms with Gasteiger partial charge in [-0.15, -0.1) is 11.3 Å². The summed E-state index contributed by atoms with van der Waals surface area (Å²) < 4.78 is 10.6. The number of ether oxygens (including phenoxy) is 2. The maximum absolute atomic E-state index is 12.5. The van der Waals surface area contributed by atoms with Gasteiger partial charge in [-0.25, -0.2) is 0 Å². The van der Waals surface area contributed by atoms with Crippen LogP contribution in [0.4, 0.5) is 0 Å². The molecule has 0 aliphatic carbocycles. The van der Waals surface area contributed by atoms with E-state index in [1.807, 2.05) is 36.5 Å². The number of hydrogen-bond acceptors (Lipinski definition) is 5. The smallest absolute Gasteiger partial charge is 0.237 e. The minimum atomic E-state index is -0.117. The van der Waals surface area contributed by atoms with Crippen molar-refractivity contribution >= 4 is 17.2 Å². The van der Waals surface area contributed by atoms with Crippen LogP contribution in [0.5, 0.6) is 11.5 Å². The Kier molecular flexibility index (Phi) is 6.16. The van der Waals surface area contributed by atoms with Gasteiger partial charge in [0.05, 0.1) is 20.3 Å². The number of nitrogens with one attached hydrogen (secondary N) is 1. The van der Waals surface area contributed by atoms with Crippen LogP contribution in [0.25, 0.3) is 0 Å². The van der Waals surface area contributed by atoms with Gasteiger partial charge in [0.1, 0.15) is 0 Å². The van der Waals surface area contributed by atoms with Crippen LogP contribution in [0.15, 0.2) is 29.6 Å². The molecule has 0 bridgehead atoms. The van der Waals surface area contributed by atoms with Crippen molar-refractivity contribution < 1.29 is 14.3 Å². The van der Waals surface area contributed by atoms with E-state index in [1.165, 1.54) is 10.4 Å². The van der Waals surface area contributed by atoms with Crippen LogP contribution in [0.3, 0.4) is 0 Å². The molecule has 0 saturated heterocycles. The summed E-state index contributed by atoms with van der Waals surface area (Å²) in [4.78, 5) is 16.2. The van der Waals surface area contributed by atoms with Crippen molar-refractivity contribution in [3.05, 3.63) is 45.6 Å². The van der Waals surface area contributed by atoms with Gasteiger partial charge in [-0.05, 0) is 54.5 Å². The zero-order valence-corrected chi connectivity index (χ0v) is 16.4. The molecule has 6 heteroatoms. The molecule has 26 heavy (non-hydrogen) atoms. The van der Waals surface area contributed by atoms with Crippen LogP contribution in [-0.4, -0.2) is 44.2 Å². The molecule has 1 N–H and O–H groups in total. The van der Waals surface area contributed by atoms with E-state index in [9.17, 15) is 4.79 Å². The predicted octanol–water partition coefficient (Wildman–Crippen LogP) is 2.87. The summed E-state index contributed by atoms with van der Waals surface area (Å²) in [5, 5.41) is 5.20. The van der Waals surface area contributed by atoms with E-state index in [4.69, 9.17) is 9.47 Å². The fourth-order valence-corrected chi connectivity index (χ4v) is 4.17. The Hall–Kier alpha value is -2.05. The van der Waals surface area contributed by atoms with Gasteiger partial charge < -0.3 is 14.8 Å². The third-order valence-electron chi connectivity index (χ3n) is 4.93. The van der Waals surface area contributed by atoms with Gasteiger partial charge in [0, 0.05) is 24.5 Å². The zero-order valence-electron chi connectivity index (χ0n) is 15.6. The first-order chi connectivity index (χ1) is 12.6. The van der Waals surface area contributed by atoms with Gasteiger partial charge in [-0.1, -0.05) is 6.07 Å². The van der Waals surface area contributed by atoms with Crippen molar-refractivity contribution in [3.8, 4) is 11.5 Å². The molecular formula is C20H26N2O3S. The van der Waals surface area contributed by atoms with Crippen LogP contribution in [0, 0.1) is 0 Å². The molecule has 1 aliphatic rings. The Bertz CT molecular complexity index is 759. The number of methoxy groups -OCH3 is 2. The summed E-state index contributed by atoms with van der Waals surface area (Å²) in [7, 11) is 3.25. The van der Waals surface area contributed by atoms with E-state index in [2.05, 4.69) is 21.7 Å². The number of rotatable bonds is 7. The second-order valence-corrected chi connectivity index (χ2v) is 7.50. The molecule has 0 spiro atoms. The molecule has 5 nitrogen and oxygen atoms in total.